The second-order valence-corrected chi connectivity index (χ2v) is 4.89. The van der Waals surface area contributed by atoms with Gasteiger partial charge in [0.25, 0.3) is 0 Å². The van der Waals surface area contributed by atoms with Crippen LogP contribution in [-0.2, 0) is 13.1 Å². The Balaban J connectivity index is 2.19. The van der Waals surface area contributed by atoms with Crippen molar-refractivity contribution in [2.75, 3.05) is 7.11 Å². The molecule has 1 aliphatic rings. The van der Waals surface area contributed by atoms with Crippen molar-refractivity contribution in [3.8, 4) is 29.1 Å². The highest BCUT2D eigenvalue weighted by Gasteiger charge is 2.22. The zero-order valence-corrected chi connectivity index (χ0v) is 11.6. The molecule has 0 spiro atoms. The van der Waals surface area contributed by atoms with Gasteiger partial charge in [0.05, 0.1) is 20.2 Å². The second-order valence-electron chi connectivity index (χ2n) is 4.89. The fourth-order valence-corrected chi connectivity index (χ4v) is 2.79. The average Bonchev–Trinajstić information content (AvgIpc) is 2.97. The van der Waals surface area contributed by atoms with Crippen molar-refractivity contribution in [2.24, 2.45) is 0 Å². The number of hydrogen-bond donors (Lipinski definition) is 0. The van der Waals surface area contributed by atoms with E-state index in [9.17, 15) is 5.26 Å². The molecule has 0 aliphatic carbocycles. The molecule has 4 heteroatoms. The van der Waals surface area contributed by atoms with Crippen LogP contribution < -0.4 is 4.74 Å². The predicted molar refractivity (Wildman–Crippen MR) is 78.0 cm³/mol. The molecule has 1 aliphatic heterocycles. The standard InChI is InChI=1S/C17H13N3O/c1-21-17-7-3-6-13(15(17)8-18)14-5-2-4-12-9-20(11-19)10-16(12)14/h2-7H,9-10H2,1H3. The molecule has 3 rings (SSSR count). The van der Waals surface area contributed by atoms with Crippen molar-refractivity contribution in [3.05, 3.63) is 53.1 Å². The average molecular weight is 275 g/mol. The summed E-state index contributed by atoms with van der Waals surface area (Å²) in [6.07, 6.45) is 2.18. The molecule has 0 aromatic heterocycles. The van der Waals surface area contributed by atoms with Crippen LogP contribution in [0.4, 0.5) is 0 Å². The van der Waals surface area contributed by atoms with E-state index < -0.39 is 0 Å². The third-order valence-electron chi connectivity index (χ3n) is 3.77. The molecule has 2 aromatic carbocycles. The Hall–Kier alpha value is -2.98. The van der Waals surface area contributed by atoms with Crippen LogP contribution in [0.15, 0.2) is 36.4 Å². The van der Waals surface area contributed by atoms with Crippen molar-refractivity contribution in [2.45, 2.75) is 13.1 Å². The molecule has 0 fully saturated rings. The number of nitrogens with zero attached hydrogens (tertiary/aromatic N) is 3. The van der Waals surface area contributed by atoms with Crippen molar-refractivity contribution in [1.82, 2.24) is 4.90 Å². The minimum atomic E-state index is 0.531. The minimum Gasteiger partial charge on any atom is -0.495 e. The smallest absolute Gasteiger partial charge is 0.179 e. The monoisotopic (exact) mass is 275 g/mol. The largest absolute Gasteiger partial charge is 0.495 e. The van der Waals surface area contributed by atoms with Gasteiger partial charge in [-0.2, -0.15) is 10.5 Å². The van der Waals surface area contributed by atoms with E-state index in [1.54, 1.807) is 18.1 Å². The van der Waals surface area contributed by atoms with E-state index in [-0.39, 0.29) is 0 Å². The first kappa shape index (κ1) is 13.0. The minimum absolute atomic E-state index is 0.531. The number of benzene rings is 2. The first-order chi connectivity index (χ1) is 10.3. The van der Waals surface area contributed by atoms with E-state index in [1.165, 1.54) is 0 Å². The number of hydrogen-bond acceptors (Lipinski definition) is 4. The lowest BCUT2D eigenvalue weighted by molar-refractivity contribution is 0.413. The highest BCUT2D eigenvalue weighted by atomic mass is 16.5. The molecule has 0 amide bonds. The molecule has 0 bridgehead atoms. The van der Waals surface area contributed by atoms with E-state index in [2.05, 4.69) is 12.3 Å². The lowest BCUT2D eigenvalue weighted by atomic mass is 9.93. The van der Waals surface area contributed by atoms with Gasteiger partial charge >= 0.3 is 0 Å². The third kappa shape index (κ3) is 2.07. The summed E-state index contributed by atoms with van der Waals surface area (Å²) in [6.45, 7) is 1.22. The van der Waals surface area contributed by atoms with E-state index in [0.717, 1.165) is 22.3 Å². The molecule has 0 radical (unpaired) electrons. The maximum atomic E-state index is 9.45. The molecule has 0 unspecified atom stereocenters. The molecule has 1 heterocycles. The summed E-state index contributed by atoms with van der Waals surface area (Å²) in [5, 5.41) is 18.5. The van der Waals surface area contributed by atoms with Gasteiger partial charge in [0.15, 0.2) is 6.19 Å². The molecule has 0 N–H and O–H groups in total. The lowest BCUT2D eigenvalue weighted by Crippen LogP contribution is -2.07. The lowest BCUT2D eigenvalue weighted by Gasteiger charge is -2.12. The van der Waals surface area contributed by atoms with Gasteiger partial charge in [0.2, 0.25) is 0 Å². The van der Waals surface area contributed by atoms with Gasteiger partial charge in [-0.15, -0.1) is 0 Å². The summed E-state index contributed by atoms with van der Waals surface area (Å²) in [4.78, 5) is 1.71. The molecule has 0 atom stereocenters. The van der Waals surface area contributed by atoms with Crippen LogP contribution in [-0.4, -0.2) is 12.0 Å². The first-order valence-electron chi connectivity index (χ1n) is 6.61. The third-order valence-corrected chi connectivity index (χ3v) is 3.77. The zero-order valence-electron chi connectivity index (χ0n) is 11.6. The number of fused-ring (bicyclic) bond motifs is 1. The zero-order chi connectivity index (χ0) is 14.8. The van der Waals surface area contributed by atoms with Gasteiger partial charge in [-0.25, -0.2) is 0 Å². The van der Waals surface area contributed by atoms with Gasteiger partial charge in [-0.1, -0.05) is 30.3 Å². The fraction of sp³-hybridized carbons (Fsp3) is 0.176. The second kappa shape index (κ2) is 5.19. The first-order valence-corrected chi connectivity index (χ1v) is 6.61. The van der Waals surface area contributed by atoms with Gasteiger partial charge in [0.1, 0.15) is 17.4 Å². The maximum absolute atomic E-state index is 9.45. The maximum Gasteiger partial charge on any atom is 0.179 e. The number of nitriles is 2. The van der Waals surface area contributed by atoms with Gasteiger partial charge in [-0.05, 0) is 22.8 Å². The molecular formula is C17H13N3O. The van der Waals surface area contributed by atoms with Crippen molar-refractivity contribution >= 4 is 0 Å². The molecular weight excluding hydrogens is 262 g/mol. The molecule has 102 valence electrons. The van der Waals surface area contributed by atoms with Crippen LogP contribution >= 0.6 is 0 Å². The summed E-state index contributed by atoms with van der Waals surface area (Å²) in [7, 11) is 1.56. The van der Waals surface area contributed by atoms with Gasteiger partial charge in [-0.3, -0.25) is 0 Å². The van der Waals surface area contributed by atoms with Crippen molar-refractivity contribution < 1.29 is 4.74 Å². The van der Waals surface area contributed by atoms with Crippen LogP contribution in [0.3, 0.4) is 0 Å². The quantitative estimate of drug-likeness (QED) is 0.790. The van der Waals surface area contributed by atoms with Crippen molar-refractivity contribution in [3.63, 3.8) is 0 Å². The van der Waals surface area contributed by atoms with Crippen molar-refractivity contribution in [1.29, 1.82) is 10.5 Å². The van der Waals surface area contributed by atoms with Crippen LogP contribution in [0.2, 0.25) is 0 Å². The van der Waals surface area contributed by atoms with Gasteiger partial charge < -0.3 is 9.64 Å². The molecule has 2 aromatic rings. The molecule has 21 heavy (non-hydrogen) atoms. The van der Waals surface area contributed by atoms with E-state index in [4.69, 9.17) is 10.00 Å². The number of methoxy groups -OCH3 is 1. The number of rotatable bonds is 2. The Morgan fingerprint density at radius 1 is 1.05 bits per heavy atom. The number of ether oxygens (including phenoxy) is 1. The topological polar surface area (TPSA) is 60.0 Å². The van der Waals surface area contributed by atoms with E-state index in [1.807, 2.05) is 30.3 Å². The van der Waals surface area contributed by atoms with E-state index in [0.29, 0.717) is 24.4 Å². The van der Waals surface area contributed by atoms with Crippen LogP contribution in [0.25, 0.3) is 11.1 Å². The Kier molecular flexibility index (Phi) is 3.22. The summed E-state index contributed by atoms with van der Waals surface area (Å²) in [5.74, 6) is 0.572. The molecule has 4 nitrogen and oxygen atoms in total. The molecule has 0 saturated carbocycles. The summed E-state index contributed by atoms with van der Waals surface area (Å²) in [6, 6.07) is 13.8. The Morgan fingerprint density at radius 3 is 2.52 bits per heavy atom. The highest BCUT2D eigenvalue weighted by molar-refractivity contribution is 5.77. The van der Waals surface area contributed by atoms with E-state index >= 15 is 0 Å². The molecule has 0 saturated heterocycles. The summed E-state index contributed by atoms with van der Waals surface area (Å²) < 4.78 is 5.27. The van der Waals surface area contributed by atoms with Crippen LogP contribution in [0.5, 0.6) is 5.75 Å². The SMILES string of the molecule is COc1cccc(-c2cccc3c2CN(C#N)C3)c1C#N. The Morgan fingerprint density at radius 2 is 1.81 bits per heavy atom. The summed E-state index contributed by atoms with van der Waals surface area (Å²) >= 11 is 0. The normalized spacial score (nSPS) is 12.4. The predicted octanol–water partition coefficient (Wildman–Crippen LogP) is 3.03. The Labute approximate surface area is 123 Å². The van der Waals surface area contributed by atoms with Crippen LogP contribution in [0, 0.1) is 22.8 Å². The van der Waals surface area contributed by atoms with Gasteiger partial charge in [0, 0.05) is 5.56 Å². The Bertz CT molecular complexity index is 784. The fourth-order valence-electron chi connectivity index (χ4n) is 2.79. The van der Waals surface area contributed by atoms with Crippen LogP contribution in [0.1, 0.15) is 16.7 Å². The highest BCUT2D eigenvalue weighted by Crippen LogP contribution is 2.36. The summed E-state index contributed by atoms with van der Waals surface area (Å²) in [5.41, 5.74) is 4.64.